The van der Waals surface area contributed by atoms with Gasteiger partial charge in [0.15, 0.2) is 0 Å². The van der Waals surface area contributed by atoms with Crippen molar-refractivity contribution in [2.45, 2.75) is 23.7 Å². The first-order valence-electron chi connectivity index (χ1n) is 3.79. The Bertz CT molecular complexity index is 177. The second kappa shape index (κ2) is 3.79. The molecular formula is C7H10BrF2NO. The van der Waals surface area contributed by atoms with Gasteiger partial charge in [0.05, 0.1) is 11.4 Å². The third kappa shape index (κ3) is 1.82. The van der Waals surface area contributed by atoms with Crippen LogP contribution in [0.4, 0.5) is 8.78 Å². The van der Waals surface area contributed by atoms with Crippen LogP contribution in [0.1, 0.15) is 12.8 Å². The van der Waals surface area contributed by atoms with Crippen LogP contribution in [-0.2, 0) is 4.79 Å². The number of hydrogen-bond donors (Lipinski definition) is 0. The molecule has 1 saturated heterocycles. The number of carbonyl (C=O) groups is 1. The van der Waals surface area contributed by atoms with Crippen molar-refractivity contribution in [3.8, 4) is 0 Å². The molecule has 12 heavy (non-hydrogen) atoms. The van der Waals surface area contributed by atoms with Crippen molar-refractivity contribution in [1.29, 1.82) is 0 Å². The summed E-state index contributed by atoms with van der Waals surface area (Å²) < 4.78 is 26.3. The number of hydrogen-bond acceptors (Lipinski definition) is 2. The highest BCUT2D eigenvalue weighted by molar-refractivity contribution is 9.09. The van der Waals surface area contributed by atoms with E-state index in [2.05, 4.69) is 15.9 Å². The molecule has 0 N–H and O–H groups in total. The Morgan fingerprint density at radius 2 is 2.33 bits per heavy atom. The van der Waals surface area contributed by atoms with Gasteiger partial charge < -0.3 is 4.79 Å². The van der Waals surface area contributed by atoms with Crippen LogP contribution in [-0.4, -0.2) is 35.1 Å². The molecule has 1 aliphatic heterocycles. The first-order valence-corrected chi connectivity index (χ1v) is 4.71. The van der Waals surface area contributed by atoms with Gasteiger partial charge in [-0.1, -0.05) is 15.9 Å². The van der Waals surface area contributed by atoms with Gasteiger partial charge in [-0.2, -0.15) is 8.78 Å². The number of aldehydes is 1. The number of carbonyl (C=O) groups excluding carboxylic acids is 1. The zero-order chi connectivity index (χ0) is 9.19. The lowest BCUT2D eigenvalue weighted by Crippen LogP contribution is -2.52. The number of piperidine rings is 1. The van der Waals surface area contributed by atoms with Crippen molar-refractivity contribution in [2.75, 3.05) is 13.1 Å². The average molecular weight is 242 g/mol. The summed E-state index contributed by atoms with van der Waals surface area (Å²) in [5.74, 6) is 0. The monoisotopic (exact) mass is 241 g/mol. The SMILES string of the molecule is O=CCN1CCCC(Br)C1(F)F. The zero-order valence-electron chi connectivity index (χ0n) is 6.47. The smallest absolute Gasteiger partial charge is 0.302 e. The first-order chi connectivity index (χ1) is 5.59. The maximum atomic E-state index is 13.2. The van der Waals surface area contributed by atoms with E-state index < -0.39 is 10.9 Å². The van der Waals surface area contributed by atoms with E-state index >= 15 is 0 Å². The van der Waals surface area contributed by atoms with Gasteiger partial charge in [0.25, 0.3) is 0 Å². The Hall–Kier alpha value is -0.0300. The van der Waals surface area contributed by atoms with E-state index in [9.17, 15) is 13.6 Å². The van der Waals surface area contributed by atoms with Crippen LogP contribution in [0.2, 0.25) is 0 Å². The van der Waals surface area contributed by atoms with Crippen LogP contribution in [0, 0.1) is 0 Å². The van der Waals surface area contributed by atoms with Gasteiger partial charge in [0, 0.05) is 6.54 Å². The van der Waals surface area contributed by atoms with Crippen molar-refractivity contribution >= 4 is 22.2 Å². The molecular weight excluding hydrogens is 232 g/mol. The maximum absolute atomic E-state index is 13.2. The van der Waals surface area contributed by atoms with Crippen molar-refractivity contribution in [1.82, 2.24) is 4.90 Å². The Balaban J connectivity index is 2.65. The van der Waals surface area contributed by atoms with Gasteiger partial charge in [-0.05, 0) is 12.8 Å². The standard InChI is InChI=1S/C7H10BrF2NO/c8-6-2-1-3-11(4-5-12)7(6,9)10/h5-6H,1-4H2. The van der Waals surface area contributed by atoms with Gasteiger partial charge >= 0.3 is 6.05 Å². The maximum Gasteiger partial charge on any atom is 0.317 e. The van der Waals surface area contributed by atoms with Crippen molar-refractivity contribution in [2.24, 2.45) is 0 Å². The van der Waals surface area contributed by atoms with E-state index in [-0.39, 0.29) is 6.54 Å². The minimum absolute atomic E-state index is 0.185. The van der Waals surface area contributed by atoms with E-state index in [1.165, 1.54) is 0 Å². The second-order valence-electron chi connectivity index (χ2n) is 2.81. The predicted octanol–water partition coefficient (Wildman–Crippen LogP) is 1.64. The lowest BCUT2D eigenvalue weighted by atomic mass is 10.1. The molecule has 5 heteroatoms. The average Bonchev–Trinajstić information content (AvgIpc) is 2.00. The number of rotatable bonds is 2. The summed E-state index contributed by atoms with van der Waals surface area (Å²) in [6.07, 6.45) is 1.68. The summed E-state index contributed by atoms with van der Waals surface area (Å²) in [6.45, 7) is 0.114. The van der Waals surface area contributed by atoms with Crippen molar-refractivity contribution in [3.05, 3.63) is 0 Å². The van der Waals surface area contributed by atoms with E-state index in [1.807, 2.05) is 0 Å². The van der Waals surface area contributed by atoms with Gasteiger partial charge in [-0.15, -0.1) is 0 Å². The van der Waals surface area contributed by atoms with Gasteiger partial charge in [-0.25, -0.2) is 4.90 Å². The minimum Gasteiger partial charge on any atom is -0.302 e. The molecule has 1 fully saturated rings. The zero-order valence-corrected chi connectivity index (χ0v) is 8.06. The summed E-state index contributed by atoms with van der Waals surface area (Å²) in [5.41, 5.74) is 0. The number of halogens is 3. The molecule has 1 heterocycles. The molecule has 2 nitrogen and oxygen atoms in total. The molecule has 1 atom stereocenters. The van der Waals surface area contributed by atoms with E-state index in [4.69, 9.17) is 0 Å². The van der Waals surface area contributed by atoms with E-state index in [1.54, 1.807) is 0 Å². The first kappa shape index (κ1) is 10.1. The van der Waals surface area contributed by atoms with E-state index in [0.29, 0.717) is 25.7 Å². The quantitative estimate of drug-likeness (QED) is 0.416. The van der Waals surface area contributed by atoms with Crippen LogP contribution in [0.25, 0.3) is 0 Å². The highest BCUT2D eigenvalue weighted by Gasteiger charge is 2.46. The highest BCUT2D eigenvalue weighted by atomic mass is 79.9. The molecule has 0 spiro atoms. The molecule has 0 aromatic heterocycles. The molecule has 0 bridgehead atoms. The van der Waals surface area contributed by atoms with Crippen LogP contribution in [0.15, 0.2) is 0 Å². The Labute approximate surface area is 78.0 Å². The molecule has 0 aromatic carbocycles. The van der Waals surface area contributed by atoms with Gasteiger partial charge in [-0.3, -0.25) is 0 Å². The number of nitrogens with zero attached hydrogens (tertiary/aromatic N) is 1. The molecule has 0 saturated carbocycles. The summed E-state index contributed by atoms with van der Waals surface area (Å²) >= 11 is 2.91. The van der Waals surface area contributed by atoms with Gasteiger partial charge in [0.2, 0.25) is 0 Å². The van der Waals surface area contributed by atoms with Crippen LogP contribution < -0.4 is 0 Å². The Morgan fingerprint density at radius 1 is 1.67 bits per heavy atom. The largest absolute Gasteiger partial charge is 0.317 e. The molecule has 0 aromatic rings. The molecule has 1 rings (SSSR count). The molecule has 0 aliphatic carbocycles. The fraction of sp³-hybridized carbons (Fsp3) is 0.857. The van der Waals surface area contributed by atoms with Gasteiger partial charge in [0.1, 0.15) is 6.29 Å². The molecule has 1 aliphatic rings. The second-order valence-corrected chi connectivity index (χ2v) is 3.92. The summed E-state index contributed by atoms with van der Waals surface area (Å²) in [6, 6.07) is -2.88. The molecule has 70 valence electrons. The molecule has 0 amide bonds. The fourth-order valence-corrected chi connectivity index (χ4v) is 1.90. The topological polar surface area (TPSA) is 20.3 Å². The Kier molecular flexibility index (Phi) is 3.17. The molecule has 0 radical (unpaired) electrons. The third-order valence-corrected chi connectivity index (χ3v) is 2.99. The van der Waals surface area contributed by atoms with Crippen molar-refractivity contribution in [3.63, 3.8) is 0 Å². The predicted molar refractivity (Wildman–Crippen MR) is 44.5 cm³/mol. The van der Waals surface area contributed by atoms with Crippen LogP contribution in [0.5, 0.6) is 0 Å². The number of alkyl halides is 3. The normalized spacial score (nSPS) is 30.1. The Morgan fingerprint density at radius 3 is 2.92 bits per heavy atom. The third-order valence-electron chi connectivity index (χ3n) is 1.98. The van der Waals surface area contributed by atoms with E-state index in [0.717, 1.165) is 4.90 Å². The highest BCUT2D eigenvalue weighted by Crippen LogP contribution is 2.35. The van der Waals surface area contributed by atoms with Crippen molar-refractivity contribution < 1.29 is 13.6 Å². The summed E-state index contributed by atoms with van der Waals surface area (Å²) in [4.78, 5) is 10.2. The minimum atomic E-state index is -2.88. The lowest BCUT2D eigenvalue weighted by molar-refractivity contribution is -0.162. The summed E-state index contributed by atoms with van der Waals surface area (Å²) in [5, 5.41) is 0. The summed E-state index contributed by atoms with van der Waals surface area (Å²) in [7, 11) is 0. The lowest BCUT2D eigenvalue weighted by Gasteiger charge is -2.37. The number of likely N-dealkylation sites (tertiary alicyclic amines) is 1. The van der Waals surface area contributed by atoms with Crippen LogP contribution in [0.3, 0.4) is 0 Å². The molecule has 1 unspecified atom stereocenters. The van der Waals surface area contributed by atoms with Crippen LogP contribution >= 0.6 is 15.9 Å². The fourth-order valence-electron chi connectivity index (χ4n) is 1.29.